The van der Waals surface area contributed by atoms with E-state index >= 15 is 0 Å². The van der Waals surface area contributed by atoms with Gasteiger partial charge in [0.25, 0.3) is 0 Å². The summed E-state index contributed by atoms with van der Waals surface area (Å²) < 4.78 is 0. The SMILES string of the molecule is CCCC(CC=O)CC(N)=O. The molecule has 0 saturated heterocycles. The zero-order valence-electron chi connectivity index (χ0n) is 6.88. The first-order valence-electron chi connectivity index (χ1n) is 3.92. The highest BCUT2D eigenvalue weighted by Crippen LogP contribution is 2.13. The van der Waals surface area contributed by atoms with Crippen molar-refractivity contribution in [2.75, 3.05) is 0 Å². The topological polar surface area (TPSA) is 60.2 Å². The molecule has 1 amide bonds. The van der Waals surface area contributed by atoms with Gasteiger partial charge in [-0.2, -0.15) is 0 Å². The van der Waals surface area contributed by atoms with Crippen LogP contribution in [0.1, 0.15) is 32.6 Å². The van der Waals surface area contributed by atoms with Gasteiger partial charge in [0.2, 0.25) is 5.91 Å². The van der Waals surface area contributed by atoms with E-state index in [9.17, 15) is 9.59 Å². The van der Waals surface area contributed by atoms with Crippen molar-refractivity contribution in [1.29, 1.82) is 0 Å². The molecule has 0 aliphatic heterocycles. The molecule has 0 fully saturated rings. The average Bonchev–Trinajstić information content (AvgIpc) is 1.87. The van der Waals surface area contributed by atoms with Crippen LogP contribution in [-0.4, -0.2) is 12.2 Å². The fraction of sp³-hybridized carbons (Fsp3) is 0.750. The second-order valence-electron chi connectivity index (χ2n) is 2.73. The zero-order chi connectivity index (χ0) is 8.69. The molecule has 0 rings (SSSR count). The summed E-state index contributed by atoms with van der Waals surface area (Å²) in [4.78, 5) is 20.6. The van der Waals surface area contributed by atoms with Gasteiger partial charge < -0.3 is 10.5 Å². The van der Waals surface area contributed by atoms with Gasteiger partial charge in [-0.1, -0.05) is 13.3 Å². The van der Waals surface area contributed by atoms with Crippen molar-refractivity contribution in [3.63, 3.8) is 0 Å². The zero-order valence-corrected chi connectivity index (χ0v) is 6.88. The van der Waals surface area contributed by atoms with Crippen LogP contribution in [0.5, 0.6) is 0 Å². The van der Waals surface area contributed by atoms with E-state index in [1.54, 1.807) is 0 Å². The first kappa shape index (κ1) is 10.1. The maximum atomic E-state index is 10.5. The minimum Gasteiger partial charge on any atom is -0.370 e. The summed E-state index contributed by atoms with van der Waals surface area (Å²) in [7, 11) is 0. The van der Waals surface area contributed by atoms with Crippen molar-refractivity contribution in [2.45, 2.75) is 32.6 Å². The molecule has 0 heterocycles. The highest BCUT2D eigenvalue weighted by molar-refractivity contribution is 5.74. The van der Waals surface area contributed by atoms with E-state index in [4.69, 9.17) is 5.73 Å². The Labute approximate surface area is 67.0 Å². The molecule has 1 unspecified atom stereocenters. The molecule has 0 spiro atoms. The molecule has 0 aliphatic rings. The Bertz CT molecular complexity index is 134. The number of carbonyl (C=O) groups is 2. The standard InChI is InChI=1S/C8H15NO2/c1-2-3-7(4-5-10)6-8(9)11/h5,7H,2-4,6H2,1H3,(H2,9,11). The van der Waals surface area contributed by atoms with E-state index in [1.807, 2.05) is 6.92 Å². The summed E-state index contributed by atoms with van der Waals surface area (Å²) in [6.45, 7) is 2.03. The molecule has 3 nitrogen and oxygen atoms in total. The van der Waals surface area contributed by atoms with Gasteiger partial charge in [0.05, 0.1) is 0 Å². The second kappa shape index (κ2) is 5.89. The molecule has 0 bridgehead atoms. The second-order valence-corrected chi connectivity index (χ2v) is 2.73. The Morgan fingerprint density at radius 3 is 2.64 bits per heavy atom. The van der Waals surface area contributed by atoms with Gasteiger partial charge in [-0.25, -0.2) is 0 Å². The van der Waals surface area contributed by atoms with Gasteiger partial charge in [-0.3, -0.25) is 4.79 Å². The molecule has 1 atom stereocenters. The maximum Gasteiger partial charge on any atom is 0.217 e. The molecule has 2 N–H and O–H groups in total. The minimum atomic E-state index is -0.315. The Morgan fingerprint density at radius 1 is 1.64 bits per heavy atom. The van der Waals surface area contributed by atoms with Crippen LogP contribution in [0.4, 0.5) is 0 Å². The Hall–Kier alpha value is -0.860. The van der Waals surface area contributed by atoms with E-state index in [0.29, 0.717) is 12.8 Å². The first-order valence-corrected chi connectivity index (χ1v) is 3.92. The van der Waals surface area contributed by atoms with Gasteiger partial charge in [0, 0.05) is 12.8 Å². The fourth-order valence-corrected chi connectivity index (χ4v) is 1.13. The summed E-state index contributed by atoms with van der Waals surface area (Å²) in [5.41, 5.74) is 5.00. The molecule has 0 aromatic heterocycles. The number of carbonyl (C=O) groups excluding carboxylic acids is 2. The molecule has 3 heteroatoms. The van der Waals surface area contributed by atoms with E-state index in [0.717, 1.165) is 19.1 Å². The van der Waals surface area contributed by atoms with E-state index in [2.05, 4.69) is 0 Å². The predicted octanol–water partition coefficient (Wildman–Crippen LogP) is 0.867. The van der Waals surface area contributed by atoms with Gasteiger partial charge in [-0.15, -0.1) is 0 Å². The van der Waals surface area contributed by atoms with Crippen molar-refractivity contribution in [1.82, 2.24) is 0 Å². The van der Waals surface area contributed by atoms with E-state index < -0.39 is 0 Å². The lowest BCUT2D eigenvalue weighted by atomic mass is 9.97. The third-order valence-corrected chi connectivity index (χ3v) is 1.62. The van der Waals surface area contributed by atoms with Crippen LogP contribution in [0.3, 0.4) is 0 Å². The van der Waals surface area contributed by atoms with Crippen LogP contribution >= 0.6 is 0 Å². The first-order chi connectivity index (χ1) is 5.20. The number of primary amides is 1. The lowest BCUT2D eigenvalue weighted by Gasteiger charge is -2.08. The Balaban J connectivity index is 3.67. The number of rotatable bonds is 6. The summed E-state index contributed by atoms with van der Waals surface area (Å²) in [6.07, 6.45) is 3.54. The van der Waals surface area contributed by atoms with E-state index in [1.165, 1.54) is 0 Å². The molecule has 0 aromatic carbocycles. The lowest BCUT2D eigenvalue weighted by Crippen LogP contribution is -2.16. The third kappa shape index (κ3) is 5.58. The number of nitrogens with two attached hydrogens (primary N) is 1. The quantitative estimate of drug-likeness (QED) is 0.581. The largest absolute Gasteiger partial charge is 0.370 e. The normalized spacial score (nSPS) is 12.5. The highest BCUT2D eigenvalue weighted by Gasteiger charge is 2.09. The summed E-state index contributed by atoms with van der Waals surface area (Å²) in [5.74, 6) is -0.153. The number of hydrogen-bond acceptors (Lipinski definition) is 2. The van der Waals surface area contributed by atoms with Gasteiger partial charge in [0.1, 0.15) is 6.29 Å². The monoisotopic (exact) mass is 157 g/mol. The van der Waals surface area contributed by atoms with Crippen LogP contribution < -0.4 is 5.73 Å². The van der Waals surface area contributed by atoms with Gasteiger partial charge in [-0.05, 0) is 12.3 Å². The predicted molar refractivity (Wildman–Crippen MR) is 42.9 cm³/mol. The fourth-order valence-electron chi connectivity index (χ4n) is 1.13. The summed E-state index contributed by atoms with van der Waals surface area (Å²) in [6, 6.07) is 0. The Kier molecular flexibility index (Phi) is 5.43. The van der Waals surface area contributed by atoms with Crippen LogP contribution in [0.15, 0.2) is 0 Å². The lowest BCUT2D eigenvalue weighted by molar-refractivity contribution is -0.119. The van der Waals surface area contributed by atoms with Crippen LogP contribution in [0, 0.1) is 5.92 Å². The van der Waals surface area contributed by atoms with Crippen molar-refractivity contribution in [3.05, 3.63) is 0 Å². The van der Waals surface area contributed by atoms with Crippen LogP contribution in [0.2, 0.25) is 0 Å². The highest BCUT2D eigenvalue weighted by atomic mass is 16.1. The molecule has 0 saturated carbocycles. The Morgan fingerprint density at radius 2 is 2.27 bits per heavy atom. The molecule has 64 valence electrons. The molecule has 0 radical (unpaired) electrons. The van der Waals surface area contributed by atoms with Crippen molar-refractivity contribution < 1.29 is 9.59 Å². The average molecular weight is 157 g/mol. The third-order valence-electron chi connectivity index (χ3n) is 1.62. The van der Waals surface area contributed by atoms with Crippen LogP contribution in [0.25, 0.3) is 0 Å². The van der Waals surface area contributed by atoms with Crippen LogP contribution in [-0.2, 0) is 9.59 Å². The smallest absolute Gasteiger partial charge is 0.217 e. The number of aldehydes is 1. The molecule has 0 aliphatic carbocycles. The molecule has 0 aromatic rings. The van der Waals surface area contributed by atoms with Crippen molar-refractivity contribution in [3.8, 4) is 0 Å². The number of hydrogen-bond donors (Lipinski definition) is 1. The molecule has 11 heavy (non-hydrogen) atoms. The minimum absolute atomic E-state index is 0.162. The van der Waals surface area contributed by atoms with E-state index in [-0.39, 0.29) is 11.8 Å². The van der Waals surface area contributed by atoms with Gasteiger partial charge in [0.15, 0.2) is 0 Å². The summed E-state index contributed by atoms with van der Waals surface area (Å²) >= 11 is 0. The summed E-state index contributed by atoms with van der Waals surface area (Å²) in [5, 5.41) is 0. The van der Waals surface area contributed by atoms with Gasteiger partial charge >= 0.3 is 0 Å². The number of amides is 1. The van der Waals surface area contributed by atoms with Crippen molar-refractivity contribution >= 4 is 12.2 Å². The maximum absolute atomic E-state index is 10.5. The molecular weight excluding hydrogens is 142 g/mol. The van der Waals surface area contributed by atoms with Crippen molar-refractivity contribution in [2.24, 2.45) is 11.7 Å². The molecular formula is C8H15NO2.